The maximum absolute atomic E-state index is 6.13. The van der Waals surface area contributed by atoms with Crippen LogP contribution in [0.5, 0.6) is 0 Å². The van der Waals surface area contributed by atoms with E-state index in [2.05, 4.69) is 23.4 Å². The molecule has 0 fully saturated rings. The van der Waals surface area contributed by atoms with Gasteiger partial charge in [-0.05, 0) is 25.0 Å². The van der Waals surface area contributed by atoms with E-state index in [9.17, 15) is 0 Å². The fourth-order valence-electron chi connectivity index (χ4n) is 1.83. The van der Waals surface area contributed by atoms with E-state index in [1.165, 1.54) is 0 Å². The van der Waals surface area contributed by atoms with Gasteiger partial charge in [-0.1, -0.05) is 29.8 Å². The van der Waals surface area contributed by atoms with Crippen molar-refractivity contribution in [1.29, 1.82) is 0 Å². The first-order valence-electron chi connectivity index (χ1n) is 5.64. The number of hydrogen-bond acceptors (Lipinski definition) is 2. The predicted molar refractivity (Wildman–Crippen MR) is 71.4 cm³/mol. The number of nitrogens with one attached hydrogen (secondary N) is 1. The summed E-state index contributed by atoms with van der Waals surface area (Å²) in [6, 6.07) is 8.26. The van der Waals surface area contributed by atoms with Crippen LogP contribution in [0, 0.1) is 0 Å². The summed E-state index contributed by atoms with van der Waals surface area (Å²) < 4.78 is 1.78. The van der Waals surface area contributed by atoms with Crippen molar-refractivity contribution in [3.05, 3.63) is 47.2 Å². The molecule has 1 heterocycles. The number of aromatic nitrogens is 2. The quantitative estimate of drug-likeness (QED) is 0.902. The van der Waals surface area contributed by atoms with Gasteiger partial charge < -0.3 is 5.32 Å². The van der Waals surface area contributed by atoms with Crippen LogP contribution in [0.4, 0.5) is 5.69 Å². The Kier molecular flexibility index (Phi) is 3.69. The highest BCUT2D eigenvalue weighted by Gasteiger charge is 2.07. The van der Waals surface area contributed by atoms with E-state index in [1.54, 1.807) is 4.68 Å². The fourth-order valence-corrected chi connectivity index (χ4v) is 2.04. The third-order valence-electron chi connectivity index (χ3n) is 2.60. The van der Waals surface area contributed by atoms with Crippen molar-refractivity contribution >= 4 is 17.3 Å². The Bertz CT molecular complexity index is 493. The highest BCUT2D eigenvalue weighted by atomic mass is 35.5. The molecule has 4 heteroatoms. The lowest BCUT2D eigenvalue weighted by Gasteiger charge is -2.14. The molecule has 17 heavy (non-hydrogen) atoms. The SMILES string of the molecule is CC(Cc1ccccc1Cl)Nc1cnn(C)c1. The van der Waals surface area contributed by atoms with Crippen molar-refractivity contribution in [3.63, 3.8) is 0 Å². The Hall–Kier alpha value is -1.48. The third-order valence-corrected chi connectivity index (χ3v) is 2.97. The first-order chi connectivity index (χ1) is 8.15. The van der Waals surface area contributed by atoms with E-state index in [4.69, 9.17) is 11.6 Å². The molecule has 0 spiro atoms. The molecule has 1 N–H and O–H groups in total. The number of anilines is 1. The van der Waals surface area contributed by atoms with Crippen LogP contribution in [0.2, 0.25) is 5.02 Å². The van der Waals surface area contributed by atoms with Crippen LogP contribution >= 0.6 is 11.6 Å². The molecule has 0 radical (unpaired) electrons. The lowest BCUT2D eigenvalue weighted by Crippen LogP contribution is -2.17. The van der Waals surface area contributed by atoms with Crippen molar-refractivity contribution in [2.24, 2.45) is 7.05 Å². The smallest absolute Gasteiger partial charge is 0.0728 e. The Labute approximate surface area is 106 Å². The standard InChI is InChI=1S/C13H16ClN3/c1-10(16-12-8-15-17(2)9-12)7-11-5-3-4-6-13(11)14/h3-6,8-10,16H,7H2,1-2H3. The van der Waals surface area contributed by atoms with E-state index in [-0.39, 0.29) is 0 Å². The summed E-state index contributed by atoms with van der Waals surface area (Å²) in [4.78, 5) is 0. The maximum atomic E-state index is 6.13. The molecule has 2 rings (SSSR count). The zero-order valence-corrected chi connectivity index (χ0v) is 10.8. The van der Waals surface area contributed by atoms with Gasteiger partial charge >= 0.3 is 0 Å². The van der Waals surface area contributed by atoms with Gasteiger partial charge in [0.05, 0.1) is 11.9 Å². The summed E-state index contributed by atoms with van der Waals surface area (Å²) in [6.45, 7) is 2.14. The van der Waals surface area contributed by atoms with Gasteiger partial charge in [0.2, 0.25) is 0 Å². The van der Waals surface area contributed by atoms with E-state index in [1.807, 2.05) is 37.6 Å². The number of nitrogens with zero attached hydrogens (tertiary/aromatic N) is 2. The molecule has 2 aromatic rings. The second-order valence-electron chi connectivity index (χ2n) is 4.24. The van der Waals surface area contributed by atoms with Crippen molar-refractivity contribution in [3.8, 4) is 0 Å². The summed E-state index contributed by atoms with van der Waals surface area (Å²) in [7, 11) is 1.91. The highest BCUT2D eigenvalue weighted by Crippen LogP contribution is 2.18. The minimum atomic E-state index is 0.319. The van der Waals surface area contributed by atoms with Gasteiger partial charge in [-0.3, -0.25) is 4.68 Å². The molecule has 0 aliphatic heterocycles. The Morgan fingerprint density at radius 1 is 1.41 bits per heavy atom. The molecule has 0 aliphatic carbocycles. The number of rotatable bonds is 4. The molecular formula is C13H16ClN3. The van der Waals surface area contributed by atoms with Gasteiger partial charge in [-0.2, -0.15) is 5.10 Å². The van der Waals surface area contributed by atoms with Gasteiger partial charge in [0.15, 0.2) is 0 Å². The minimum absolute atomic E-state index is 0.319. The number of aryl methyl sites for hydroxylation is 1. The molecule has 90 valence electrons. The van der Waals surface area contributed by atoms with E-state index >= 15 is 0 Å². The first-order valence-corrected chi connectivity index (χ1v) is 6.01. The second kappa shape index (κ2) is 5.23. The zero-order valence-electron chi connectivity index (χ0n) is 10.0. The molecular weight excluding hydrogens is 234 g/mol. The molecule has 1 aromatic carbocycles. The Morgan fingerprint density at radius 3 is 2.82 bits per heavy atom. The van der Waals surface area contributed by atoms with E-state index in [0.29, 0.717) is 6.04 Å². The summed E-state index contributed by atoms with van der Waals surface area (Å²) in [5.41, 5.74) is 2.20. The molecule has 0 bridgehead atoms. The van der Waals surface area contributed by atoms with E-state index < -0.39 is 0 Å². The van der Waals surface area contributed by atoms with Gasteiger partial charge in [0.1, 0.15) is 0 Å². The van der Waals surface area contributed by atoms with Crippen molar-refractivity contribution < 1.29 is 0 Å². The van der Waals surface area contributed by atoms with Gasteiger partial charge in [-0.15, -0.1) is 0 Å². The van der Waals surface area contributed by atoms with Crippen LogP contribution in [-0.4, -0.2) is 15.8 Å². The van der Waals surface area contributed by atoms with Crippen molar-refractivity contribution in [1.82, 2.24) is 9.78 Å². The monoisotopic (exact) mass is 249 g/mol. The van der Waals surface area contributed by atoms with Crippen LogP contribution in [0.25, 0.3) is 0 Å². The van der Waals surface area contributed by atoms with Gasteiger partial charge in [0, 0.05) is 24.3 Å². The lowest BCUT2D eigenvalue weighted by atomic mass is 10.1. The van der Waals surface area contributed by atoms with Crippen molar-refractivity contribution in [2.75, 3.05) is 5.32 Å². The summed E-state index contributed by atoms with van der Waals surface area (Å²) in [5, 5.41) is 8.35. The van der Waals surface area contributed by atoms with Crippen LogP contribution in [0.3, 0.4) is 0 Å². The number of benzene rings is 1. The maximum Gasteiger partial charge on any atom is 0.0728 e. The van der Waals surface area contributed by atoms with Gasteiger partial charge in [-0.25, -0.2) is 0 Å². The van der Waals surface area contributed by atoms with E-state index in [0.717, 1.165) is 22.7 Å². The number of halogens is 1. The Balaban J connectivity index is 1.98. The molecule has 0 saturated carbocycles. The first kappa shape index (κ1) is 12.0. The average molecular weight is 250 g/mol. The third kappa shape index (κ3) is 3.24. The largest absolute Gasteiger partial charge is 0.380 e. The molecule has 0 aliphatic rings. The molecule has 1 aromatic heterocycles. The van der Waals surface area contributed by atoms with Crippen LogP contribution in [0.1, 0.15) is 12.5 Å². The molecule has 1 unspecified atom stereocenters. The lowest BCUT2D eigenvalue weighted by molar-refractivity contribution is 0.766. The molecule has 0 amide bonds. The summed E-state index contributed by atoms with van der Waals surface area (Å²) in [6.07, 6.45) is 4.68. The molecule has 1 atom stereocenters. The zero-order chi connectivity index (χ0) is 12.3. The normalized spacial score (nSPS) is 12.4. The second-order valence-corrected chi connectivity index (χ2v) is 4.65. The van der Waals surface area contributed by atoms with Gasteiger partial charge in [0.25, 0.3) is 0 Å². The predicted octanol–water partition coefficient (Wildman–Crippen LogP) is 3.12. The average Bonchev–Trinajstić information content (AvgIpc) is 2.67. The van der Waals surface area contributed by atoms with Crippen LogP contribution < -0.4 is 5.32 Å². The molecule has 3 nitrogen and oxygen atoms in total. The summed E-state index contributed by atoms with van der Waals surface area (Å²) >= 11 is 6.13. The Morgan fingerprint density at radius 2 is 2.18 bits per heavy atom. The molecule has 0 saturated heterocycles. The highest BCUT2D eigenvalue weighted by molar-refractivity contribution is 6.31. The van der Waals surface area contributed by atoms with Crippen molar-refractivity contribution in [2.45, 2.75) is 19.4 Å². The van der Waals surface area contributed by atoms with Crippen LogP contribution in [0.15, 0.2) is 36.7 Å². The topological polar surface area (TPSA) is 29.9 Å². The number of hydrogen-bond donors (Lipinski definition) is 1. The van der Waals surface area contributed by atoms with Crippen LogP contribution in [-0.2, 0) is 13.5 Å². The minimum Gasteiger partial charge on any atom is -0.380 e. The fraction of sp³-hybridized carbons (Fsp3) is 0.308. The summed E-state index contributed by atoms with van der Waals surface area (Å²) in [5.74, 6) is 0.